The van der Waals surface area contributed by atoms with E-state index in [-0.39, 0.29) is 18.0 Å². The van der Waals surface area contributed by atoms with Crippen LogP contribution in [0, 0.1) is 0 Å². The van der Waals surface area contributed by atoms with Crippen LogP contribution in [0.1, 0.15) is 51.9 Å². The Balaban J connectivity index is 1.39. The van der Waals surface area contributed by atoms with Gasteiger partial charge in [0.15, 0.2) is 11.9 Å². The fourth-order valence-corrected chi connectivity index (χ4v) is 5.86. The van der Waals surface area contributed by atoms with Crippen LogP contribution in [0.25, 0.3) is 0 Å². The summed E-state index contributed by atoms with van der Waals surface area (Å²) in [5, 5.41) is 3.48. The van der Waals surface area contributed by atoms with Crippen LogP contribution < -0.4 is 9.98 Å². The van der Waals surface area contributed by atoms with Crippen molar-refractivity contribution in [2.24, 2.45) is 4.99 Å². The third-order valence-electron chi connectivity index (χ3n) is 7.55. The zero-order valence-electron chi connectivity index (χ0n) is 18.9. The maximum atomic E-state index is 15.5. The number of halogens is 1. The smallest absolute Gasteiger partial charge is 0.347 e. The molecule has 0 aromatic carbocycles. The van der Waals surface area contributed by atoms with Gasteiger partial charge in [-0.1, -0.05) is 13.0 Å². The van der Waals surface area contributed by atoms with Crippen molar-refractivity contribution >= 4 is 23.5 Å². The van der Waals surface area contributed by atoms with Gasteiger partial charge >= 0.3 is 5.84 Å². The molecule has 0 aromatic rings. The Morgan fingerprint density at radius 3 is 2.97 bits per heavy atom. The second kappa shape index (κ2) is 7.56. The van der Waals surface area contributed by atoms with Crippen LogP contribution in [0.3, 0.4) is 0 Å². The van der Waals surface area contributed by atoms with E-state index in [2.05, 4.69) is 39.5 Å². The molecule has 32 heavy (non-hydrogen) atoms. The highest BCUT2D eigenvalue weighted by Gasteiger charge is 2.50. The van der Waals surface area contributed by atoms with Gasteiger partial charge < -0.3 is 4.90 Å². The van der Waals surface area contributed by atoms with Gasteiger partial charge in [0.2, 0.25) is 0 Å². The SMILES string of the molecule is CCC1=[N+](C)C2N=C3C(C4=C(F)CCCC(NC5=[N+]=CC=C5)C=C4)=C4CCCN4C(=C32)C1. The number of hydrogen-bond acceptors (Lipinski definition) is 3. The first-order valence-corrected chi connectivity index (χ1v) is 12.0. The van der Waals surface area contributed by atoms with Gasteiger partial charge in [0, 0.05) is 47.7 Å². The van der Waals surface area contributed by atoms with E-state index < -0.39 is 0 Å². The summed E-state index contributed by atoms with van der Waals surface area (Å²) >= 11 is 0. The normalized spacial score (nSPS) is 28.5. The van der Waals surface area contributed by atoms with Crippen molar-refractivity contribution in [2.45, 2.75) is 64.1 Å². The van der Waals surface area contributed by atoms with Gasteiger partial charge in [-0.3, -0.25) is 5.32 Å². The summed E-state index contributed by atoms with van der Waals surface area (Å²) in [6.45, 7) is 3.26. The quantitative estimate of drug-likeness (QED) is 0.551. The zero-order chi connectivity index (χ0) is 21.8. The summed E-state index contributed by atoms with van der Waals surface area (Å²) in [6, 6.07) is 0.148. The van der Waals surface area contributed by atoms with Crippen LogP contribution in [-0.4, -0.2) is 58.7 Å². The first-order chi connectivity index (χ1) is 15.7. The largest absolute Gasteiger partial charge is 0.368 e. The summed E-state index contributed by atoms with van der Waals surface area (Å²) in [5.74, 6) is 0.878. The van der Waals surface area contributed by atoms with Crippen LogP contribution in [0.2, 0.25) is 0 Å². The molecule has 0 bridgehead atoms. The second-order valence-electron chi connectivity index (χ2n) is 9.34. The Morgan fingerprint density at radius 2 is 2.16 bits per heavy atom. The fourth-order valence-electron chi connectivity index (χ4n) is 5.86. The lowest BCUT2D eigenvalue weighted by Gasteiger charge is -2.42. The molecule has 1 saturated heterocycles. The summed E-state index contributed by atoms with van der Waals surface area (Å²) < 4.78 is 22.2. The predicted molar refractivity (Wildman–Crippen MR) is 128 cm³/mol. The van der Waals surface area contributed by atoms with Crippen LogP contribution >= 0.6 is 0 Å². The third kappa shape index (κ3) is 2.93. The molecule has 5 nitrogen and oxygen atoms in total. The molecule has 164 valence electrons. The van der Waals surface area contributed by atoms with Gasteiger partial charge in [0.25, 0.3) is 6.17 Å². The van der Waals surface area contributed by atoms with Crippen molar-refractivity contribution in [3.63, 3.8) is 0 Å². The molecule has 2 atom stereocenters. The number of allylic oxidation sites excluding steroid dienone is 7. The number of likely N-dealkylation sites (N-methyl/N-ethyl adjacent to an activating group) is 1. The number of rotatable bonds is 3. The minimum Gasteiger partial charge on any atom is -0.347 e. The van der Waals surface area contributed by atoms with Gasteiger partial charge in [0.05, 0.1) is 17.7 Å². The molecule has 1 aliphatic carbocycles. The highest BCUT2D eigenvalue weighted by molar-refractivity contribution is 6.22. The number of amidine groups is 1. The van der Waals surface area contributed by atoms with Crippen LogP contribution in [-0.2, 0) is 0 Å². The number of nitrogens with zero attached hydrogens (tertiary/aromatic N) is 4. The van der Waals surface area contributed by atoms with Gasteiger partial charge in [-0.2, -0.15) is 0 Å². The molecule has 5 heterocycles. The van der Waals surface area contributed by atoms with E-state index >= 15 is 4.39 Å². The van der Waals surface area contributed by atoms with Crippen LogP contribution in [0.15, 0.2) is 63.2 Å². The summed E-state index contributed by atoms with van der Waals surface area (Å²) in [4.78, 5) is 7.54. The molecular formula is C26H30FN5+2. The first kappa shape index (κ1) is 19.7. The lowest BCUT2D eigenvalue weighted by atomic mass is 9.79. The van der Waals surface area contributed by atoms with Crippen molar-refractivity contribution < 1.29 is 8.97 Å². The number of hydrogen-bond donors (Lipinski definition) is 1. The molecule has 2 unspecified atom stereocenters. The van der Waals surface area contributed by atoms with Crippen molar-refractivity contribution in [1.29, 1.82) is 0 Å². The Hall–Kier alpha value is -2.98. The van der Waals surface area contributed by atoms with Crippen molar-refractivity contribution in [1.82, 2.24) is 14.9 Å². The number of nitrogens with one attached hydrogen (secondary N) is 1. The second-order valence-corrected chi connectivity index (χ2v) is 9.34. The van der Waals surface area contributed by atoms with Crippen molar-refractivity contribution in [3.05, 3.63) is 58.2 Å². The molecular weight excluding hydrogens is 401 g/mol. The number of aliphatic imine (C=N–C) groups is 1. The van der Waals surface area contributed by atoms with Crippen molar-refractivity contribution in [2.75, 3.05) is 13.6 Å². The Kier molecular flexibility index (Phi) is 4.65. The molecule has 0 spiro atoms. The monoisotopic (exact) mass is 431 g/mol. The molecule has 6 heteroatoms. The summed E-state index contributed by atoms with van der Waals surface area (Å²) in [7, 11) is 2.15. The van der Waals surface area contributed by atoms with E-state index in [4.69, 9.17) is 4.99 Å². The average molecular weight is 432 g/mol. The minimum absolute atomic E-state index is 0.000611. The van der Waals surface area contributed by atoms with E-state index in [9.17, 15) is 0 Å². The Morgan fingerprint density at radius 1 is 1.25 bits per heavy atom. The molecule has 1 N–H and O–H groups in total. The Bertz CT molecular complexity index is 1180. The first-order valence-electron chi connectivity index (χ1n) is 12.0. The minimum atomic E-state index is 0.000611. The van der Waals surface area contributed by atoms with E-state index in [1.165, 1.54) is 22.7 Å². The van der Waals surface area contributed by atoms with E-state index in [0.29, 0.717) is 6.42 Å². The molecule has 0 amide bonds. The fraction of sp³-hybridized carbons (Fsp3) is 0.462. The molecule has 1 fully saturated rings. The van der Waals surface area contributed by atoms with Crippen LogP contribution in [0.5, 0.6) is 0 Å². The maximum absolute atomic E-state index is 15.5. The lowest BCUT2D eigenvalue weighted by molar-refractivity contribution is -0.532. The summed E-state index contributed by atoms with van der Waals surface area (Å²) in [5.41, 5.74) is 8.30. The zero-order valence-corrected chi connectivity index (χ0v) is 18.9. The van der Waals surface area contributed by atoms with E-state index in [1.54, 1.807) is 6.21 Å². The molecule has 0 aromatic heterocycles. The third-order valence-corrected chi connectivity index (χ3v) is 7.55. The predicted octanol–water partition coefficient (Wildman–Crippen LogP) is 3.31. The Labute approximate surface area is 188 Å². The van der Waals surface area contributed by atoms with Gasteiger partial charge in [0.1, 0.15) is 18.9 Å². The van der Waals surface area contributed by atoms with Gasteiger partial charge in [-0.25, -0.2) is 18.6 Å². The maximum Gasteiger partial charge on any atom is 0.368 e. The molecule has 0 saturated carbocycles. The van der Waals surface area contributed by atoms with E-state index in [0.717, 1.165) is 67.8 Å². The molecule has 0 radical (unpaired) electrons. The molecule has 5 aliphatic heterocycles. The van der Waals surface area contributed by atoms with E-state index in [1.807, 2.05) is 18.2 Å². The topological polar surface area (TPSA) is 44.7 Å². The van der Waals surface area contributed by atoms with Gasteiger partial charge in [-0.05, 0) is 38.2 Å². The highest BCUT2D eigenvalue weighted by Crippen LogP contribution is 2.47. The summed E-state index contributed by atoms with van der Waals surface area (Å²) in [6.07, 6.45) is 16.2. The standard InChI is InChI=1S/C26H29FN5/c1-3-17-15-21-24-25(30-26(24)31(17)2)23(20-9-6-14-32(20)21)18-12-11-16(7-4-8-19(18)27)29-22-10-5-13-28-22/h5,10-13,16,26H,3-4,6-9,14-15H2,1-2H3/q+1/p+1. The van der Waals surface area contributed by atoms with Crippen molar-refractivity contribution in [3.8, 4) is 0 Å². The van der Waals surface area contributed by atoms with Crippen LogP contribution in [0.4, 0.5) is 4.39 Å². The molecule has 6 rings (SSSR count). The molecule has 6 aliphatic rings. The highest BCUT2D eigenvalue weighted by atomic mass is 19.1. The lowest BCUT2D eigenvalue weighted by Crippen LogP contribution is -2.49. The number of fused-ring (bicyclic) bond motifs is 2. The van der Waals surface area contributed by atoms with Gasteiger partial charge in [-0.15, -0.1) is 0 Å². The average Bonchev–Trinajstić information content (AvgIpc) is 3.44.